The molecule has 1 amide bonds. The Morgan fingerprint density at radius 3 is 2.50 bits per heavy atom. The van der Waals surface area contributed by atoms with Crippen molar-refractivity contribution in [3.05, 3.63) is 53.1 Å². The lowest BCUT2D eigenvalue weighted by molar-refractivity contribution is -0.116. The first-order chi connectivity index (χ1) is 11.5. The summed E-state index contributed by atoms with van der Waals surface area (Å²) in [6, 6.07) is 13.0. The first-order valence-electron chi connectivity index (χ1n) is 7.85. The van der Waals surface area contributed by atoms with E-state index in [0.29, 0.717) is 29.0 Å². The van der Waals surface area contributed by atoms with Gasteiger partial charge in [-0.15, -0.1) is 0 Å². The van der Waals surface area contributed by atoms with Gasteiger partial charge in [0.1, 0.15) is 11.5 Å². The van der Waals surface area contributed by atoms with Crippen molar-refractivity contribution >= 4 is 23.2 Å². The minimum absolute atomic E-state index is 0.158. The molecule has 4 nitrogen and oxygen atoms in total. The molecule has 0 aliphatic heterocycles. The van der Waals surface area contributed by atoms with E-state index in [2.05, 4.69) is 19.2 Å². The summed E-state index contributed by atoms with van der Waals surface area (Å²) in [5, 5.41) is 3.32. The highest BCUT2D eigenvalue weighted by atomic mass is 35.5. The van der Waals surface area contributed by atoms with E-state index in [1.54, 1.807) is 25.3 Å². The summed E-state index contributed by atoms with van der Waals surface area (Å²) in [4.78, 5) is 12.0. The number of hydrogen-bond acceptors (Lipinski definition) is 3. The zero-order valence-electron chi connectivity index (χ0n) is 14.1. The van der Waals surface area contributed by atoms with Crippen molar-refractivity contribution in [3.63, 3.8) is 0 Å². The normalized spacial score (nSPS) is 10.5. The van der Waals surface area contributed by atoms with Crippen LogP contribution in [0.1, 0.15) is 31.7 Å². The minimum Gasteiger partial charge on any atom is -0.495 e. The predicted octanol–water partition coefficient (Wildman–Crippen LogP) is 4.88. The Labute approximate surface area is 147 Å². The van der Waals surface area contributed by atoms with Crippen LogP contribution in [0.5, 0.6) is 11.5 Å². The summed E-state index contributed by atoms with van der Waals surface area (Å²) in [5.41, 5.74) is 1.81. The Morgan fingerprint density at radius 1 is 1.17 bits per heavy atom. The van der Waals surface area contributed by atoms with E-state index in [-0.39, 0.29) is 12.3 Å². The van der Waals surface area contributed by atoms with Gasteiger partial charge >= 0.3 is 0 Å². The summed E-state index contributed by atoms with van der Waals surface area (Å²) < 4.78 is 10.8. The van der Waals surface area contributed by atoms with Crippen LogP contribution >= 0.6 is 11.6 Å². The van der Waals surface area contributed by atoms with Gasteiger partial charge in [0.2, 0.25) is 5.91 Å². The average molecular weight is 348 g/mol. The van der Waals surface area contributed by atoms with Crippen molar-refractivity contribution in [1.29, 1.82) is 0 Å². The van der Waals surface area contributed by atoms with Gasteiger partial charge in [0.25, 0.3) is 0 Å². The van der Waals surface area contributed by atoms with Crippen LogP contribution in [0.3, 0.4) is 0 Å². The van der Waals surface area contributed by atoms with Gasteiger partial charge in [0.15, 0.2) is 0 Å². The summed E-state index contributed by atoms with van der Waals surface area (Å²) in [7, 11) is 1.54. The molecule has 5 heteroatoms. The van der Waals surface area contributed by atoms with Gasteiger partial charge in [-0.2, -0.15) is 0 Å². The molecule has 0 aliphatic rings. The van der Waals surface area contributed by atoms with Crippen molar-refractivity contribution in [2.75, 3.05) is 19.0 Å². The Bertz CT molecular complexity index is 684. The van der Waals surface area contributed by atoms with Crippen LogP contribution < -0.4 is 14.8 Å². The third-order valence-electron chi connectivity index (χ3n) is 3.58. The zero-order chi connectivity index (χ0) is 17.5. The molecule has 2 aromatic carbocycles. The highest BCUT2D eigenvalue weighted by Gasteiger charge is 2.09. The molecule has 0 saturated carbocycles. The Balaban J connectivity index is 1.84. The maximum atomic E-state index is 12.0. The number of amides is 1. The van der Waals surface area contributed by atoms with E-state index in [1.165, 1.54) is 5.56 Å². The van der Waals surface area contributed by atoms with Crippen molar-refractivity contribution in [2.24, 2.45) is 0 Å². The standard InChI is InChI=1S/C19H22ClNO3/c1-13(2)14-4-7-16(8-5-14)24-11-10-19(22)21-17-12-15(20)6-9-18(17)23-3/h4-9,12-13H,10-11H2,1-3H3,(H,21,22). The molecule has 1 N–H and O–H groups in total. The average Bonchev–Trinajstić information content (AvgIpc) is 2.55. The number of methoxy groups -OCH3 is 1. The van der Waals surface area contributed by atoms with Crippen molar-refractivity contribution in [3.8, 4) is 11.5 Å². The molecule has 128 valence electrons. The second kappa shape index (κ2) is 8.60. The zero-order valence-corrected chi connectivity index (χ0v) is 14.9. The number of anilines is 1. The maximum absolute atomic E-state index is 12.0. The molecule has 0 fully saturated rings. The SMILES string of the molecule is COc1ccc(Cl)cc1NC(=O)CCOc1ccc(C(C)C)cc1. The molecule has 0 saturated heterocycles. The van der Waals surface area contributed by atoms with Crippen LogP contribution in [0.15, 0.2) is 42.5 Å². The van der Waals surface area contributed by atoms with Crippen LogP contribution in [0.25, 0.3) is 0 Å². The van der Waals surface area contributed by atoms with E-state index in [1.807, 2.05) is 24.3 Å². The summed E-state index contributed by atoms with van der Waals surface area (Å²) >= 11 is 5.94. The molecule has 0 atom stereocenters. The summed E-state index contributed by atoms with van der Waals surface area (Å²) in [6.07, 6.45) is 0.238. The Hall–Kier alpha value is -2.20. The molecule has 0 aromatic heterocycles. The molecular formula is C19H22ClNO3. The van der Waals surface area contributed by atoms with Gasteiger partial charge in [0, 0.05) is 5.02 Å². The molecule has 24 heavy (non-hydrogen) atoms. The third kappa shape index (κ3) is 5.17. The quantitative estimate of drug-likeness (QED) is 0.776. The Kier molecular flexibility index (Phi) is 6.50. The fourth-order valence-electron chi connectivity index (χ4n) is 2.20. The molecule has 2 aromatic rings. The summed E-state index contributed by atoms with van der Waals surface area (Å²) in [5.74, 6) is 1.65. The highest BCUT2D eigenvalue weighted by Crippen LogP contribution is 2.27. The fourth-order valence-corrected chi connectivity index (χ4v) is 2.37. The number of carbonyl (C=O) groups excluding carboxylic acids is 1. The lowest BCUT2D eigenvalue weighted by atomic mass is 10.0. The lowest BCUT2D eigenvalue weighted by Crippen LogP contribution is -2.15. The van der Waals surface area contributed by atoms with Crippen molar-refractivity contribution < 1.29 is 14.3 Å². The molecule has 0 heterocycles. The van der Waals surface area contributed by atoms with Gasteiger partial charge in [-0.25, -0.2) is 0 Å². The van der Waals surface area contributed by atoms with Gasteiger partial charge in [-0.05, 0) is 41.8 Å². The maximum Gasteiger partial charge on any atom is 0.227 e. The van der Waals surface area contributed by atoms with E-state index < -0.39 is 0 Å². The van der Waals surface area contributed by atoms with E-state index in [0.717, 1.165) is 5.75 Å². The van der Waals surface area contributed by atoms with Crippen LogP contribution in [-0.4, -0.2) is 19.6 Å². The van der Waals surface area contributed by atoms with E-state index in [4.69, 9.17) is 21.1 Å². The van der Waals surface area contributed by atoms with E-state index in [9.17, 15) is 4.79 Å². The molecule has 0 radical (unpaired) electrons. The van der Waals surface area contributed by atoms with Crippen LogP contribution in [0.4, 0.5) is 5.69 Å². The number of halogens is 1. The molecule has 0 aliphatic carbocycles. The van der Waals surface area contributed by atoms with Gasteiger partial charge in [-0.1, -0.05) is 37.6 Å². The first-order valence-corrected chi connectivity index (χ1v) is 8.23. The number of hydrogen-bond donors (Lipinski definition) is 1. The minimum atomic E-state index is -0.158. The molecule has 0 spiro atoms. The molecule has 0 bridgehead atoms. The smallest absolute Gasteiger partial charge is 0.227 e. The van der Waals surface area contributed by atoms with Crippen molar-refractivity contribution in [1.82, 2.24) is 0 Å². The van der Waals surface area contributed by atoms with Gasteiger partial charge in [-0.3, -0.25) is 4.79 Å². The second-order valence-corrected chi connectivity index (χ2v) is 6.15. The monoisotopic (exact) mass is 347 g/mol. The molecule has 0 unspecified atom stereocenters. The molecule has 2 rings (SSSR count). The third-order valence-corrected chi connectivity index (χ3v) is 3.82. The Morgan fingerprint density at radius 2 is 1.88 bits per heavy atom. The number of ether oxygens (including phenoxy) is 2. The predicted molar refractivity (Wildman–Crippen MR) is 97.3 cm³/mol. The van der Waals surface area contributed by atoms with E-state index >= 15 is 0 Å². The van der Waals surface area contributed by atoms with Crippen LogP contribution in [-0.2, 0) is 4.79 Å². The first kappa shape index (κ1) is 18.1. The second-order valence-electron chi connectivity index (χ2n) is 5.71. The van der Waals surface area contributed by atoms with Gasteiger partial charge < -0.3 is 14.8 Å². The van der Waals surface area contributed by atoms with Gasteiger partial charge in [0.05, 0.1) is 25.8 Å². The highest BCUT2D eigenvalue weighted by molar-refractivity contribution is 6.31. The van der Waals surface area contributed by atoms with Crippen LogP contribution in [0.2, 0.25) is 5.02 Å². The largest absolute Gasteiger partial charge is 0.495 e. The fraction of sp³-hybridized carbons (Fsp3) is 0.316. The topological polar surface area (TPSA) is 47.6 Å². The lowest BCUT2D eigenvalue weighted by Gasteiger charge is -2.11. The summed E-state index contributed by atoms with van der Waals surface area (Å²) in [6.45, 7) is 4.59. The number of carbonyl (C=O) groups is 1. The number of benzene rings is 2. The van der Waals surface area contributed by atoms with Crippen molar-refractivity contribution in [2.45, 2.75) is 26.2 Å². The number of rotatable bonds is 7. The molecular weight excluding hydrogens is 326 g/mol. The van der Waals surface area contributed by atoms with Crippen LogP contribution in [0, 0.1) is 0 Å². The number of nitrogens with one attached hydrogen (secondary N) is 1.